The number of rotatable bonds is 10. The van der Waals surface area contributed by atoms with Gasteiger partial charge in [-0.15, -0.1) is 6.42 Å². The summed E-state index contributed by atoms with van der Waals surface area (Å²) in [6.45, 7) is 8.90. The number of hydrogen-bond acceptors (Lipinski definition) is 6. The maximum Gasteiger partial charge on any atom is 0.118 e. The Balaban J connectivity index is 1.83. The second-order valence-corrected chi connectivity index (χ2v) is 6.07. The number of terminal acetylenes is 1. The zero-order chi connectivity index (χ0) is 17.2. The molecule has 0 aliphatic carbocycles. The van der Waals surface area contributed by atoms with E-state index in [9.17, 15) is 5.11 Å². The van der Waals surface area contributed by atoms with Crippen molar-refractivity contribution in [1.29, 1.82) is 0 Å². The molecule has 1 saturated heterocycles. The molecule has 1 aliphatic rings. The van der Waals surface area contributed by atoms with Crippen LogP contribution in [0.15, 0.2) is 16.5 Å². The van der Waals surface area contributed by atoms with Crippen LogP contribution in [0.25, 0.3) is 0 Å². The topological polar surface area (TPSA) is 58.3 Å². The van der Waals surface area contributed by atoms with Crippen molar-refractivity contribution in [2.24, 2.45) is 0 Å². The molecule has 0 spiro atoms. The first kappa shape index (κ1) is 19.0. The lowest BCUT2D eigenvalue weighted by molar-refractivity contribution is 0.0124. The maximum absolute atomic E-state index is 10.2. The number of furan rings is 1. The second-order valence-electron chi connectivity index (χ2n) is 6.07. The third kappa shape index (κ3) is 7.04. The fraction of sp³-hybridized carbons (Fsp3) is 0.667. The SMILES string of the molecule is C#CCOC[C@@H](O)CN(CCN1CCOCC1)Cc1ccc(C)o1. The maximum atomic E-state index is 10.2. The van der Waals surface area contributed by atoms with E-state index in [2.05, 4.69) is 15.7 Å². The van der Waals surface area contributed by atoms with Crippen LogP contribution < -0.4 is 0 Å². The molecule has 0 amide bonds. The second kappa shape index (κ2) is 10.5. The number of aliphatic hydroxyl groups is 1. The molecule has 1 atom stereocenters. The molecule has 1 aromatic heterocycles. The van der Waals surface area contributed by atoms with Gasteiger partial charge >= 0.3 is 0 Å². The van der Waals surface area contributed by atoms with Gasteiger partial charge in [0.15, 0.2) is 0 Å². The fourth-order valence-corrected chi connectivity index (χ4v) is 2.74. The van der Waals surface area contributed by atoms with Gasteiger partial charge in [-0.05, 0) is 19.1 Å². The van der Waals surface area contributed by atoms with Crippen LogP contribution in [0.3, 0.4) is 0 Å². The zero-order valence-corrected chi connectivity index (χ0v) is 14.4. The predicted molar refractivity (Wildman–Crippen MR) is 91.6 cm³/mol. The quantitative estimate of drug-likeness (QED) is 0.502. The van der Waals surface area contributed by atoms with Gasteiger partial charge in [0.1, 0.15) is 18.1 Å². The minimum Gasteiger partial charge on any atom is -0.465 e. The first-order chi connectivity index (χ1) is 11.7. The van der Waals surface area contributed by atoms with Crippen molar-refractivity contribution in [2.45, 2.75) is 19.6 Å². The number of aryl methyl sites for hydroxylation is 1. The van der Waals surface area contributed by atoms with Crippen LogP contribution in [0.2, 0.25) is 0 Å². The Labute approximate surface area is 144 Å². The Morgan fingerprint density at radius 3 is 2.88 bits per heavy atom. The summed E-state index contributed by atoms with van der Waals surface area (Å²) in [7, 11) is 0. The molecule has 1 aromatic rings. The van der Waals surface area contributed by atoms with E-state index in [0.29, 0.717) is 13.1 Å². The van der Waals surface area contributed by atoms with Crippen molar-refractivity contribution < 1.29 is 19.0 Å². The minimum absolute atomic E-state index is 0.224. The van der Waals surface area contributed by atoms with Crippen LogP contribution in [0.1, 0.15) is 11.5 Å². The minimum atomic E-state index is -0.570. The molecule has 0 aromatic carbocycles. The van der Waals surface area contributed by atoms with Gasteiger partial charge < -0.3 is 19.0 Å². The number of morpholine rings is 1. The third-order valence-electron chi connectivity index (χ3n) is 3.98. The van der Waals surface area contributed by atoms with E-state index in [1.165, 1.54) is 0 Å². The standard InChI is InChI=1S/C18H28N2O4/c1-3-10-23-15-17(21)13-20(14-18-5-4-16(2)24-18)7-6-19-8-11-22-12-9-19/h1,4-5,17,21H,6-15H2,2H3/t17-/m0/s1. The summed E-state index contributed by atoms with van der Waals surface area (Å²) < 4.78 is 16.3. The highest BCUT2D eigenvalue weighted by Crippen LogP contribution is 2.10. The molecule has 1 fully saturated rings. The van der Waals surface area contributed by atoms with Gasteiger partial charge in [-0.3, -0.25) is 9.80 Å². The van der Waals surface area contributed by atoms with Gasteiger partial charge in [-0.1, -0.05) is 5.92 Å². The highest BCUT2D eigenvalue weighted by atomic mass is 16.5. The number of nitrogens with zero attached hydrogens (tertiary/aromatic N) is 2. The summed E-state index contributed by atoms with van der Waals surface area (Å²) in [5, 5.41) is 10.2. The summed E-state index contributed by atoms with van der Waals surface area (Å²) in [5.41, 5.74) is 0. The van der Waals surface area contributed by atoms with Gasteiger partial charge in [0.25, 0.3) is 0 Å². The molecule has 1 aliphatic heterocycles. The normalized spacial score (nSPS) is 17.1. The lowest BCUT2D eigenvalue weighted by Crippen LogP contribution is -2.43. The molecule has 6 nitrogen and oxygen atoms in total. The van der Waals surface area contributed by atoms with Crippen molar-refractivity contribution in [3.8, 4) is 12.3 Å². The molecule has 134 valence electrons. The van der Waals surface area contributed by atoms with Crippen LogP contribution in [0, 0.1) is 19.3 Å². The van der Waals surface area contributed by atoms with Crippen LogP contribution in [-0.4, -0.2) is 80.2 Å². The number of hydrogen-bond donors (Lipinski definition) is 1. The lowest BCUT2D eigenvalue weighted by Gasteiger charge is -2.30. The summed E-state index contributed by atoms with van der Waals surface area (Å²) in [6.07, 6.45) is 4.59. The Bertz CT molecular complexity index is 505. The van der Waals surface area contributed by atoms with E-state index in [-0.39, 0.29) is 13.2 Å². The molecule has 0 unspecified atom stereocenters. The van der Waals surface area contributed by atoms with Crippen molar-refractivity contribution in [3.63, 3.8) is 0 Å². The molecule has 0 bridgehead atoms. The van der Waals surface area contributed by atoms with Crippen LogP contribution in [0.4, 0.5) is 0 Å². The third-order valence-corrected chi connectivity index (χ3v) is 3.98. The summed E-state index contributed by atoms with van der Waals surface area (Å²) in [4.78, 5) is 4.57. The van der Waals surface area contributed by atoms with Crippen LogP contribution in [0.5, 0.6) is 0 Å². The zero-order valence-electron chi connectivity index (χ0n) is 14.4. The average molecular weight is 336 g/mol. The predicted octanol–water partition coefficient (Wildman–Crippen LogP) is 0.733. The van der Waals surface area contributed by atoms with Crippen LogP contribution in [-0.2, 0) is 16.0 Å². The van der Waals surface area contributed by atoms with Crippen molar-refractivity contribution in [2.75, 3.05) is 59.2 Å². The molecule has 2 rings (SSSR count). The van der Waals surface area contributed by atoms with E-state index >= 15 is 0 Å². The van der Waals surface area contributed by atoms with Crippen molar-refractivity contribution in [3.05, 3.63) is 23.7 Å². The molecular weight excluding hydrogens is 308 g/mol. The molecule has 0 radical (unpaired) electrons. The first-order valence-electron chi connectivity index (χ1n) is 8.44. The molecular formula is C18H28N2O4. The van der Waals surface area contributed by atoms with E-state index in [4.69, 9.17) is 20.3 Å². The van der Waals surface area contributed by atoms with Crippen LogP contribution >= 0.6 is 0 Å². The smallest absolute Gasteiger partial charge is 0.118 e. The first-order valence-corrected chi connectivity index (χ1v) is 8.44. The van der Waals surface area contributed by atoms with Gasteiger partial charge in [0.2, 0.25) is 0 Å². The average Bonchev–Trinajstić information content (AvgIpc) is 2.99. The van der Waals surface area contributed by atoms with E-state index in [1.807, 2.05) is 19.1 Å². The molecule has 24 heavy (non-hydrogen) atoms. The van der Waals surface area contributed by atoms with Gasteiger partial charge in [-0.2, -0.15) is 0 Å². The lowest BCUT2D eigenvalue weighted by atomic mass is 10.3. The molecule has 0 saturated carbocycles. The number of aliphatic hydroxyl groups excluding tert-OH is 1. The summed E-state index contributed by atoms with van der Waals surface area (Å²) >= 11 is 0. The van der Waals surface area contributed by atoms with Crippen molar-refractivity contribution in [1.82, 2.24) is 9.80 Å². The Morgan fingerprint density at radius 2 is 2.21 bits per heavy atom. The van der Waals surface area contributed by atoms with E-state index in [0.717, 1.165) is 50.9 Å². The Kier molecular flexibility index (Phi) is 8.29. The highest BCUT2D eigenvalue weighted by molar-refractivity contribution is 5.05. The highest BCUT2D eigenvalue weighted by Gasteiger charge is 2.17. The van der Waals surface area contributed by atoms with Gasteiger partial charge in [0.05, 0.1) is 32.5 Å². The monoisotopic (exact) mass is 336 g/mol. The van der Waals surface area contributed by atoms with Gasteiger partial charge in [0, 0.05) is 32.7 Å². The van der Waals surface area contributed by atoms with Crippen molar-refractivity contribution >= 4 is 0 Å². The summed E-state index contributed by atoms with van der Waals surface area (Å²) in [5.74, 6) is 4.21. The largest absolute Gasteiger partial charge is 0.465 e. The Morgan fingerprint density at radius 1 is 1.42 bits per heavy atom. The molecule has 2 heterocycles. The number of ether oxygens (including phenoxy) is 2. The van der Waals surface area contributed by atoms with E-state index in [1.54, 1.807) is 0 Å². The molecule has 1 N–H and O–H groups in total. The Hall–Kier alpha value is -1.36. The van der Waals surface area contributed by atoms with Gasteiger partial charge in [-0.25, -0.2) is 0 Å². The summed E-state index contributed by atoms with van der Waals surface area (Å²) in [6, 6.07) is 3.94. The van der Waals surface area contributed by atoms with E-state index < -0.39 is 6.10 Å². The molecule has 6 heteroatoms. The fourth-order valence-electron chi connectivity index (χ4n) is 2.74.